The molecular weight excluding hydrogens is 453 g/mol. The minimum Gasteiger partial charge on any atom is -0.440 e. The number of rotatable bonds is 4. The average molecular weight is 466 g/mol. The van der Waals surface area contributed by atoms with E-state index in [9.17, 15) is 24.6 Å². The van der Waals surface area contributed by atoms with Crippen LogP contribution in [0.5, 0.6) is 11.5 Å². The SMILES string of the molecule is N#CC1=C(N)Oc2cc(OC(=O)c3ccc([N+](=O)[O-])cc3)ccc2C1c1c(F)cccc1Cl. The van der Waals surface area contributed by atoms with Crippen molar-refractivity contribution in [3.63, 3.8) is 0 Å². The number of hydrogen-bond acceptors (Lipinski definition) is 7. The van der Waals surface area contributed by atoms with Gasteiger partial charge in [0.2, 0.25) is 5.88 Å². The number of nitriles is 1. The molecule has 0 saturated carbocycles. The first-order valence-electron chi connectivity index (χ1n) is 9.42. The molecule has 10 heteroatoms. The Morgan fingerprint density at radius 1 is 1.21 bits per heavy atom. The van der Waals surface area contributed by atoms with Gasteiger partial charge in [-0.3, -0.25) is 10.1 Å². The van der Waals surface area contributed by atoms with Crippen molar-refractivity contribution in [1.82, 2.24) is 0 Å². The van der Waals surface area contributed by atoms with Gasteiger partial charge in [0, 0.05) is 34.3 Å². The predicted molar refractivity (Wildman–Crippen MR) is 115 cm³/mol. The maximum absolute atomic E-state index is 14.7. The van der Waals surface area contributed by atoms with Gasteiger partial charge in [-0.1, -0.05) is 23.7 Å². The van der Waals surface area contributed by atoms with Crippen molar-refractivity contribution in [2.24, 2.45) is 5.73 Å². The van der Waals surface area contributed by atoms with Gasteiger partial charge >= 0.3 is 5.97 Å². The van der Waals surface area contributed by atoms with Gasteiger partial charge in [-0.25, -0.2) is 9.18 Å². The number of nitro groups is 1. The fourth-order valence-electron chi connectivity index (χ4n) is 3.47. The standard InChI is InChI=1S/C23H13ClFN3O5/c24-17-2-1-3-18(25)21(17)20-15-9-8-14(10-19(15)33-22(27)16(20)11-26)32-23(29)12-4-6-13(7-5-12)28(30)31/h1-10,20H,27H2. The summed E-state index contributed by atoms with van der Waals surface area (Å²) in [5, 5.41) is 20.5. The molecule has 2 N–H and O–H groups in total. The van der Waals surface area contributed by atoms with E-state index in [-0.39, 0.29) is 44.8 Å². The lowest BCUT2D eigenvalue weighted by atomic mass is 9.83. The summed E-state index contributed by atoms with van der Waals surface area (Å²) in [4.78, 5) is 22.6. The van der Waals surface area contributed by atoms with Crippen LogP contribution in [0.1, 0.15) is 27.4 Å². The quantitative estimate of drug-likeness (QED) is 0.253. The van der Waals surface area contributed by atoms with Gasteiger partial charge in [-0.05, 0) is 30.3 Å². The Kier molecular flexibility index (Phi) is 5.69. The third-order valence-electron chi connectivity index (χ3n) is 5.00. The third kappa shape index (κ3) is 4.07. The number of non-ortho nitro benzene ring substituents is 1. The number of carbonyl (C=O) groups is 1. The number of ether oxygens (including phenoxy) is 2. The Labute approximate surface area is 191 Å². The molecule has 0 aromatic heterocycles. The second-order valence-corrected chi connectivity index (χ2v) is 7.36. The normalized spacial score (nSPS) is 14.6. The number of nitrogens with two attached hydrogens (primary N) is 1. The molecule has 33 heavy (non-hydrogen) atoms. The number of nitrogens with zero attached hydrogens (tertiary/aromatic N) is 2. The van der Waals surface area contributed by atoms with Crippen LogP contribution in [0.25, 0.3) is 0 Å². The molecule has 3 aromatic carbocycles. The number of fused-ring (bicyclic) bond motifs is 1. The van der Waals surface area contributed by atoms with Crippen LogP contribution in [-0.2, 0) is 0 Å². The fourth-order valence-corrected chi connectivity index (χ4v) is 3.74. The summed E-state index contributed by atoms with van der Waals surface area (Å²) < 4.78 is 25.5. The molecule has 0 radical (unpaired) electrons. The number of halogens is 2. The van der Waals surface area contributed by atoms with Crippen LogP contribution in [0.15, 0.2) is 72.1 Å². The fraction of sp³-hybridized carbons (Fsp3) is 0.0435. The number of hydrogen-bond donors (Lipinski definition) is 1. The molecule has 1 atom stereocenters. The first-order valence-corrected chi connectivity index (χ1v) is 9.80. The predicted octanol–water partition coefficient (Wildman–Crippen LogP) is 4.82. The van der Waals surface area contributed by atoms with Crippen LogP contribution in [0, 0.1) is 27.3 Å². The zero-order valence-electron chi connectivity index (χ0n) is 16.6. The highest BCUT2D eigenvalue weighted by molar-refractivity contribution is 6.31. The molecule has 1 aliphatic heterocycles. The molecule has 0 spiro atoms. The monoisotopic (exact) mass is 465 g/mol. The molecule has 8 nitrogen and oxygen atoms in total. The van der Waals surface area contributed by atoms with E-state index < -0.39 is 22.6 Å². The zero-order valence-corrected chi connectivity index (χ0v) is 17.4. The van der Waals surface area contributed by atoms with Gasteiger partial charge in [-0.2, -0.15) is 5.26 Å². The number of allylic oxidation sites excluding steroid dienone is 1. The largest absolute Gasteiger partial charge is 0.440 e. The van der Waals surface area contributed by atoms with E-state index >= 15 is 0 Å². The van der Waals surface area contributed by atoms with E-state index in [0.717, 1.165) is 0 Å². The Bertz CT molecular complexity index is 1350. The molecule has 1 unspecified atom stereocenters. The maximum atomic E-state index is 14.7. The number of esters is 1. The van der Waals surface area contributed by atoms with Crippen LogP contribution in [0.2, 0.25) is 5.02 Å². The van der Waals surface area contributed by atoms with Crippen LogP contribution in [0.3, 0.4) is 0 Å². The van der Waals surface area contributed by atoms with Gasteiger partial charge in [0.1, 0.15) is 29.0 Å². The molecule has 0 bridgehead atoms. The Balaban J connectivity index is 1.69. The first-order chi connectivity index (χ1) is 15.8. The van der Waals surface area contributed by atoms with Gasteiger partial charge < -0.3 is 15.2 Å². The molecule has 0 amide bonds. The van der Waals surface area contributed by atoms with Crippen LogP contribution in [0.4, 0.5) is 10.1 Å². The molecule has 0 aliphatic carbocycles. The minimum absolute atomic E-state index is 0.00914. The van der Waals surface area contributed by atoms with Gasteiger partial charge in [-0.15, -0.1) is 0 Å². The summed E-state index contributed by atoms with van der Waals surface area (Å²) in [7, 11) is 0. The summed E-state index contributed by atoms with van der Waals surface area (Å²) in [5.41, 5.74) is 6.32. The highest BCUT2D eigenvalue weighted by atomic mass is 35.5. The Morgan fingerprint density at radius 2 is 1.94 bits per heavy atom. The van der Waals surface area contributed by atoms with Crippen molar-refractivity contribution in [1.29, 1.82) is 5.26 Å². The van der Waals surface area contributed by atoms with Gasteiger partial charge in [0.05, 0.1) is 16.4 Å². The van der Waals surface area contributed by atoms with Crippen LogP contribution >= 0.6 is 11.6 Å². The summed E-state index contributed by atoms with van der Waals surface area (Å²) >= 11 is 6.23. The first kappa shape index (κ1) is 21.8. The van der Waals surface area contributed by atoms with E-state index in [0.29, 0.717) is 5.56 Å². The highest BCUT2D eigenvalue weighted by Crippen LogP contribution is 2.46. The second kappa shape index (κ2) is 8.61. The van der Waals surface area contributed by atoms with Crippen LogP contribution in [-0.4, -0.2) is 10.9 Å². The van der Waals surface area contributed by atoms with Crippen molar-refractivity contribution in [2.45, 2.75) is 5.92 Å². The molecule has 1 aliphatic rings. The lowest BCUT2D eigenvalue weighted by Gasteiger charge is -2.27. The molecule has 0 saturated heterocycles. The molecule has 1 heterocycles. The number of benzene rings is 3. The molecule has 0 fully saturated rings. The number of nitro benzene ring substituents is 1. The highest BCUT2D eigenvalue weighted by Gasteiger charge is 2.34. The summed E-state index contributed by atoms with van der Waals surface area (Å²) in [6.07, 6.45) is 0. The van der Waals surface area contributed by atoms with Gasteiger partial charge in [0.15, 0.2) is 0 Å². The molecular formula is C23H13ClFN3O5. The van der Waals surface area contributed by atoms with E-state index in [1.54, 1.807) is 0 Å². The van der Waals surface area contributed by atoms with Gasteiger partial charge in [0.25, 0.3) is 5.69 Å². The lowest BCUT2D eigenvalue weighted by Crippen LogP contribution is -2.22. The summed E-state index contributed by atoms with van der Waals surface area (Å²) in [5.74, 6) is -2.28. The molecule has 3 aromatic rings. The van der Waals surface area contributed by atoms with Crippen molar-refractivity contribution in [3.8, 4) is 17.6 Å². The Hall–Kier alpha value is -4.42. The molecule has 4 rings (SSSR count). The lowest BCUT2D eigenvalue weighted by molar-refractivity contribution is -0.384. The van der Waals surface area contributed by atoms with Crippen molar-refractivity contribution in [3.05, 3.63) is 110 Å². The summed E-state index contributed by atoms with van der Waals surface area (Å²) in [6.45, 7) is 0. The number of carbonyl (C=O) groups excluding carboxylic acids is 1. The average Bonchev–Trinajstić information content (AvgIpc) is 2.78. The third-order valence-corrected chi connectivity index (χ3v) is 5.33. The summed E-state index contributed by atoms with van der Waals surface area (Å²) in [6, 6.07) is 15.4. The zero-order chi connectivity index (χ0) is 23.7. The van der Waals surface area contributed by atoms with E-state index in [1.807, 2.05) is 6.07 Å². The van der Waals surface area contributed by atoms with Crippen molar-refractivity contribution in [2.75, 3.05) is 0 Å². The van der Waals surface area contributed by atoms with E-state index in [4.69, 9.17) is 26.8 Å². The van der Waals surface area contributed by atoms with Crippen molar-refractivity contribution < 1.29 is 23.6 Å². The second-order valence-electron chi connectivity index (χ2n) is 6.95. The van der Waals surface area contributed by atoms with E-state index in [2.05, 4.69) is 0 Å². The topological polar surface area (TPSA) is 128 Å². The minimum atomic E-state index is -0.924. The van der Waals surface area contributed by atoms with E-state index in [1.165, 1.54) is 60.7 Å². The maximum Gasteiger partial charge on any atom is 0.343 e. The smallest absolute Gasteiger partial charge is 0.343 e. The van der Waals surface area contributed by atoms with Crippen molar-refractivity contribution >= 4 is 23.3 Å². The molecule has 164 valence electrons. The van der Waals surface area contributed by atoms with Crippen LogP contribution < -0.4 is 15.2 Å². The Morgan fingerprint density at radius 3 is 2.58 bits per heavy atom.